The Bertz CT molecular complexity index is 634. The van der Waals surface area contributed by atoms with Crippen molar-refractivity contribution in [2.45, 2.75) is 26.7 Å². The van der Waals surface area contributed by atoms with Crippen molar-refractivity contribution in [3.05, 3.63) is 22.2 Å². The summed E-state index contributed by atoms with van der Waals surface area (Å²) < 4.78 is 16.7. The molecule has 0 bridgehead atoms. The summed E-state index contributed by atoms with van der Waals surface area (Å²) in [7, 11) is 1.55. The monoisotopic (exact) mass is 413 g/mol. The molecule has 1 fully saturated rings. The van der Waals surface area contributed by atoms with Gasteiger partial charge in [-0.2, -0.15) is 0 Å². The highest BCUT2D eigenvalue weighted by atomic mass is 79.9. The molecular weight excluding hydrogens is 390 g/mol. The Labute approximate surface area is 156 Å². The number of hydrogen-bond acceptors (Lipinski definition) is 5. The number of nitrogens with zero attached hydrogens (tertiary/aromatic N) is 1. The number of carbonyl (C=O) groups excluding carboxylic acids is 2. The van der Waals surface area contributed by atoms with Gasteiger partial charge in [0.05, 0.1) is 30.7 Å². The lowest BCUT2D eigenvalue weighted by atomic mass is 9.97. The highest BCUT2D eigenvalue weighted by Crippen LogP contribution is 2.37. The maximum Gasteiger partial charge on any atom is 0.310 e. The van der Waals surface area contributed by atoms with Crippen molar-refractivity contribution < 1.29 is 23.8 Å². The number of ether oxygens (including phenoxy) is 3. The number of benzene rings is 1. The Balaban J connectivity index is 2.20. The smallest absolute Gasteiger partial charge is 0.310 e. The van der Waals surface area contributed by atoms with Crippen molar-refractivity contribution in [3.63, 3.8) is 0 Å². The lowest BCUT2D eigenvalue weighted by Gasteiger charge is -2.31. The fourth-order valence-electron chi connectivity index (χ4n) is 2.95. The van der Waals surface area contributed by atoms with Crippen LogP contribution in [-0.4, -0.2) is 50.2 Å². The summed E-state index contributed by atoms with van der Waals surface area (Å²) in [6.07, 6.45) is 1.53. The van der Waals surface area contributed by atoms with Crippen LogP contribution in [0.4, 0.5) is 0 Å². The molecule has 0 spiro atoms. The zero-order valence-corrected chi connectivity index (χ0v) is 16.4. The zero-order chi connectivity index (χ0) is 18.4. The van der Waals surface area contributed by atoms with E-state index in [1.54, 1.807) is 31.1 Å². The van der Waals surface area contributed by atoms with E-state index in [2.05, 4.69) is 15.9 Å². The van der Waals surface area contributed by atoms with Gasteiger partial charge in [-0.15, -0.1) is 0 Å². The maximum absolute atomic E-state index is 12.9. The van der Waals surface area contributed by atoms with E-state index in [0.717, 1.165) is 12.8 Å². The van der Waals surface area contributed by atoms with Crippen molar-refractivity contribution in [1.82, 2.24) is 4.90 Å². The van der Waals surface area contributed by atoms with E-state index in [9.17, 15) is 9.59 Å². The largest absolute Gasteiger partial charge is 0.492 e. The van der Waals surface area contributed by atoms with Crippen molar-refractivity contribution in [2.24, 2.45) is 5.92 Å². The fraction of sp³-hybridized carbons (Fsp3) is 0.556. The van der Waals surface area contributed by atoms with Crippen LogP contribution in [0.5, 0.6) is 11.5 Å². The molecule has 7 heteroatoms. The predicted molar refractivity (Wildman–Crippen MR) is 97.1 cm³/mol. The number of amides is 1. The van der Waals surface area contributed by atoms with Gasteiger partial charge in [-0.3, -0.25) is 9.59 Å². The van der Waals surface area contributed by atoms with Gasteiger partial charge in [-0.1, -0.05) is 0 Å². The molecule has 1 heterocycles. The Morgan fingerprint density at radius 2 is 2.04 bits per heavy atom. The summed E-state index contributed by atoms with van der Waals surface area (Å²) in [6, 6.07) is 3.40. The van der Waals surface area contributed by atoms with Crippen LogP contribution < -0.4 is 9.47 Å². The molecule has 0 N–H and O–H groups in total. The Hall–Kier alpha value is -1.76. The molecule has 1 aliphatic heterocycles. The average Bonchev–Trinajstić information content (AvgIpc) is 2.61. The lowest BCUT2D eigenvalue weighted by Crippen LogP contribution is -2.42. The Morgan fingerprint density at radius 1 is 1.28 bits per heavy atom. The number of piperidine rings is 1. The third-order valence-corrected chi connectivity index (χ3v) is 4.68. The van der Waals surface area contributed by atoms with Gasteiger partial charge in [0, 0.05) is 18.7 Å². The first kappa shape index (κ1) is 19.6. The molecule has 0 radical (unpaired) electrons. The normalized spacial score (nSPS) is 17.1. The minimum atomic E-state index is -0.259. The second kappa shape index (κ2) is 9.08. The molecule has 1 saturated heterocycles. The number of esters is 1. The Morgan fingerprint density at radius 3 is 2.68 bits per heavy atom. The molecule has 1 atom stereocenters. The van der Waals surface area contributed by atoms with Crippen LogP contribution in [0, 0.1) is 5.92 Å². The van der Waals surface area contributed by atoms with Crippen molar-refractivity contribution in [1.29, 1.82) is 0 Å². The number of rotatable bonds is 6. The second-order valence-corrected chi connectivity index (χ2v) is 6.62. The molecule has 1 amide bonds. The van der Waals surface area contributed by atoms with E-state index in [4.69, 9.17) is 14.2 Å². The van der Waals surface area contributed by atoms with Crippen molar-refractivity contribution in [2.75, 3.05) is 33.4 Å². The summed E-state index contributed by atoms with van der Waals surface area (Å²) in [6.45, 7) is 5.49. The summed E-state index contributed by atoms with van der Waals surface area (Å²) in [4.78, 5) is 26.6. The molecular formula is C18H24BrNO5. The molecule has 1 aromatic rings. The van der Waals surface area contributed by atoms with Crippen LogP contribution in [0.15, 0.2) is 16.6 Å². The fourth-order valence-corrected chi connectivity index (χ4v) is 3.55. The quantitative estimate of drug-likeness (QED) is 0.669. The van der Waals surface area contributed by atoms with Gasteiger partial charge in [-0.25, -0.2) is 0 Å². The van der Waals surface area contributed by atoms with E-state index in [0.29, 0.717) is 47.8 Å². The molecule has 0 aromatic heterocycles. The number of hydrogen-bond donors (Lipinski definition) is 0. The van der Waals surface area contributed by atoms with E-state index in [1.165, 1.54) is 0 Å². The SMILES string of the molecule is CCOC(=O)[C@H]1CCCN(C(=O)c2cc(Br)c(OC)c(OCC)c2)C1. The minimum absolute atomic E-state index is 0.127. The van der Waals surface area contributed by atoms with Crippen LogP contribution in [0.3, 0.4) is 0 Å². The molecule has 0 unspecified atom stereocenters. The first-order valence-corrected chi connectivity index (χ1v) is 9.27. The third kappa shape index (κ3) is 4.66. The van der Waals surface area contributed by atoms with Crippen LogP contribution in [0.1, 0.15) is 37.0 Å². The first-order valence-electron chi connectivity index (χ1n) is 8.48. The van der Waals surface area contributed by atoms with Crippen LogP contribution in [-0.2, 0) is 9.53 Å². The van der Waals surface area contributed by atoms with Gasteiger partial charge in [0.25, 0.3) is 5.91 Å². The van der Waals surface area contributed by atoms with Gasteiger partial charge < -0.3 is 19.1 Å². The second-order valence-electron chi connectivity index (χ2n) is 5.76. The molecule has 25 heavy (non-hydrogen) atoms. The zero-order valence-electron chi connectivity index (χ0n) is 14.8. The number of halogens is 1. The topological polar surface area (TPSA) is 65.1 Å². The molecule has 1 aromatic carbocycles. The van der Waals surface area contributed by atoms with Gasteiger partial charge in [0.1, 0.15) is 0 Å². The maximum atomic E-state index is 12.9. The number of carbonyl (C=O) groups is 2. The molecule has 0 saturated carbocycles. The van der Waals surface area contributed by atoms with E-state index < -0.39 is 0 Å². The Kier molecular flexibility index (Phi) is 7.11. The summed E-state index contributed by atoms with van der Waals surface area (Å²) >= 11 is 3.43. The third-order valence-electron chi connectivity index (χ3n) is 4.09. The standard InChI is InChI=1S/C18H24BrNO5/c1-4-24-15-10-13(9-14(19)16(15)23-3)17(21)20-8-6-7-12(11-20)18(22)25-5-2/h9-10,12H,4-8,11H2,1-3H3/t12-/m0/s1. The van der Waals surface area contributed by atoms with Crippen molar-refractivity contribution >= 4 is 27.8 Å². The molecule has 0 aliphatic carbocycles. The molecule has 1 aliphatic rings. The average molecular weight is 414 g/mol. The van der Waals surface area contributed by atoms with Crippen LogP contribution >= 0.6 is 15.9 Å². The number of methoxy groups -OCH3 is 1. The summed E-state index contributed by atoms with van der Waals surface area (Å²) in [5, 5.41) is 0. The molecule has 138 valence electrons. The van der Waals surface area contributed by atoms with Crippen LogP contribution in [0.2, 0.25) is 0 Å². The van der Waals surface area contributed by atoms with Crippen molar-refractivity contribution in [3.8, 4) is 11.5 Å². The lowest BCUT2D eigenvalue weighted by molar-refractivity contribution is -0.149. The van der Waals surface area contributed by atoms with Gasteiger partial charge in [0.15, 0.2) is 11.5 Å². The highest BCUT2D eigenvalue weighted by Gasteiger charge is 2.30. The van der Waals surface area contributed by atoms with Crippen LogP contribution in [0.25, 0.3) is 0 Å². The van der Waals surface area contributed by atoms with E-state index >= 15 is 0 Å². The van der Waals surface area contributed by atoms with Gasteiger partial charge >= 0.3 is 5.97 Å². The minimum Gasteiger partial charge on any atom is -0.492 e. The summed E-state index contributed by atoms with van der Waals surface area (Å²) in [5.41, 5.74) is 0.501. The van der Waals surface area contributed by atoms with Gasteiger partial charge in [0.2, 0.25) is 0 Å². The predicted octanol–water partition coefficient (Wildman–Crippen LogP) is 3.27. The molecule has 2 rings (SSSR count). The molecule has 6 nitrogen and oxygen atoms in total. The van der Waals surface area contributed by atoms with E-state index in [-0.39, 0.29) is 17.8 Å². The highest BCUT2D eigenvalue weighted by molar-refractivity contribution is 9.10. The van der Waals surface area contributed by atoms with Gasteiger partial charge in [-0.05, 0) is 54.8 Å². The summed E-state index contributed by atoms with van der Waals surface area (Å²) in [5.74, 6) is 0.457. The number of likely N-dealkylation sites (tertiary alicyclic amines) is 1. The first-order chi connectivity index (χ1) is 12.0. The van der Waals surface area contributed by atoms with E-state index in [1.807, 2.05) is 6.92 Å².